The molecule has 0 unspecified atom stereocenters. The molecule has 0 N–H and O–H groups in total. The second-order valence-electron chi connectivity index (χ2n) is 0.566. The highest BCUT2D eigenvalue weighted by Crippen LogP contribution is 1.52. The summed E-state index contributed by atoms with van der Waals surface area (Å²) in [5, 5.41) is 0. The Morgan fingerprint density at radius 1 is 1.33 bits per heavy atom. The summed E-state index contributed by atoms with van der Waals surface area (Å²) in [4.78, 5) is 12.3. The van der Waals surface area contributed by atoms with Crippen LogP contribution in [-0.4, -0.2) is 12.6 Å². The zero-order chi connectivity index (χ0) is 8.12. The molecule has 0 amide bonds. The average Bonchev–Trinajstić information content (AvgIpc) is 1.98. The van der Waals surface area contributed by atoms with Crippen molar-refractivity contribution in [3.63, 3.8) is 0 Å². The standard InChI is InChI=1S/C3H5NO.2C2H4/c1-2-4-3-5;2*1-2/h2H2,1H3;2*1-2H2. The molecule has 0 aliphatic heterocycles. The number of isocyanates is 1. The molecule has 0 rings (SSSR count). The smallest absolute Gasteiger partial charge is 0.211 e. The molecule has 0 aromatic rings. The van der Waals surface area contributed by atoms with Crippen molar-refractivity contribution in [2.45, 2.75) is 6.92 Å². The zero-order valence-corrected chi connectivity index (χ0v) is 5.89. The van der Waals surface area contributed by atoms with Crippen LogP contribution in [0, 0.1) is 0 Å². The van der Waals surface area contributed by atoms with Crippen LogP contribution in [0.5, 0.6) is 0 Å². The van der Waals surface area contributed by atoms with E-state index in [1.807, 2.05) is 0 Å². The van der Waals surface area contributed by atoms with Gasteiger partial charge in [0.15, 0.2) is 0 Å². The molecule has 9 heavy (non-hydrogen) atoms. The molecule has 0 radical (unpaired) electrons. The number of hydrogen-bond acceptors (Lipinski definition) is 2. The quantitative estimate of drug-likeness (QED) is 0.301. The van der Waals surface area contributed by atoms with E-state index in [0.717, 1.165) is 0 Å². The van der Waals surface area contributed by atoms with Crippen LogP contribution in [0.15, 0.2) is 31.3 Å². The molecular formula is C7H13NO. The zero-order valence-electron chi connectivity index (χ0n) is 5.89. The van der Waals surface area contributed by atoms with Crippen molar-refractivity contribution < 1.29 is 4.79 Å². The minimum atomic E-state index is 0.545. The SMILES string of the molecule is C=C.C=C.CCN=C=O. The van der Waals surface area contributed by atoms with Crippen LogP contribution in [-0.2, 0) is 4.79 Å². The fourth-order valence-electron chi connectivity index (χ4n) is 0.0645. The van der Waals surface area contributed by atoms with Crippen LogP contribution in [0.4, 0.5) is 0 Å². The third-order valence-electron chi connectivity index (χ3n) is 0.223. The Kier molecular flexibility index (Phi) is 118. The summed E-state index contributed by atoms with van der Waals surface area (Å²) in [6, 6.07) is 0. The first-order valence-electron chi connectivity index (χ1n) is 2.45. The number of hydrogen-bond donors (Lipinski definition) is 0. The lowest BCUT2D eigenvalue weighted by Gasteiger charge is -1.58. The largest absolute Gasteiger partial charge is 0.234 e. The van der Waals surface area contributed by atoms with Gasteiger partial charge in [-0.25, -0.2) is 9.79 Å². The van der Waals surface area contributed by atoms with Gasteiger partial charge in [0.25, 0.3) is 0 Å². The molecule has 0 aliphatic carbocycles. The predicted octanol–water partition coefficient (Wildman–Crippen LogP) is 1.95. The number of nitrogens with zero attached hydrogens (tertiary/aromatic N) is 1. The predicted molar refractivity (Wildman–Crippen MR) is 41.2 cm³/mol. The lowest BCUT2D eigenvalue weighted by atomic mass is 10.8. The summed E-state index contributed by atoms with van der Waals surface area (Å²) in [7, 11) is 0. The van der Waals surface area contributed by atoms with E-state index in [2.05, 4.69) is 31.3 Å². The summed E-state index contributed by atoms with van der Waals surface area (Å²) >= 11 is 0. The highest BCUT2D eigenvalue weighted by atomic mass is 16.1. The molecular weight excluding hydrogens is 114 g/mol. The van der Waals surface area contributed by atoms with E-state index >= 15 is 0 Å². The monoisotopic (exact) mass is 127 g/mol. The van der Waals surface area contributed by atoms with Crippen LogP contribution in [0.2, 0.25) is 0 Å². The minimum Gasteiger partial charge on any atom is -0.211 e. The first-order valence-corrected chi connectivity index (χ1v) is 2.45. The van der Waals surface area contributed by atoms with Gasteiger partial charge in [0.2, 0.25) is 6.08 Å². The van der Waals surface area contributed by atoms with E-state index in [4.69, 9.17) is 4.79 Å². The Balaban J connectivity index is -0.0000000771. The van der Waals surface area contributed by atoms with Crippen LogP contribution in [0.3, 0.4) is 0 Å². The van der Waals surface area contributed by atoms with Crippen LogP contribution in [0.1, 0.15) is 6.92 Å². The number of aliphatic imine (C=N–C) groups is 1. The second kappa shape index (κ2) is 68.1. The van der Waals surface area contributed by atoms with Gasteiger partial charge < -0.3 is 0 Å². The first kappa shape index (κ1) is 15.7. The summed E-state index contributed by atoms with van der Waals surface area (Å²) in [6.07, 6.45) is 1.39. The maximum atomic E-state index is 9.11. The van der Waals surface area contributed by atoms with Crippen molar-refractivity contribution in [3.05, 3.63) is 26.3 Å². The molecule has 52 valence electrons. The molecule has 0 aromatic heterocycles. The van der Waals surface area contributed by atoms with E-state index in [1.165, 1.54) is 6.08 Å². The Morgan fingerprint density at radius 3 is 1.67 bits per heavy atom. The van der Waals surface area contributed by atoms with E-state index in [9.17, 15) is 0 Å². The number of carbonyl (C=O) groups excluding carboxylic acids is 1. The van der Waals surface area contributed by atoms with Crippen molar-refractivity contribution in [2.75, 3.05) is 6.54 Å². The lowest BCUT2D eigenvalue weighted by Crippen LogP contribution is -1.58. The molecule has 0 fully saturated rings. The summed E-state index contributed by atoms with van der Waals surface area (Å²) in [6.45, 7) is 14.3. The molecule has 0 saturated carbocycles. The average molecular weight is 127 g/mol. The van der Waals surface area contributed by atoms with Gasteiger partial charge in [0.1, 0.15) is 0 Å². The maximum Gasteiger partial charge on any atom is 0.234 e. The summed E-state index contributed by atoms with van der Waals surface area (Å²) < 4.78 is 0. The van der Waals surface area contributed by atoms with Crippen molar-refractivity contribution >= 4 is 6.08 Å². The van der Waals surface area contributed by atoms with E-state index in [-0.39, 0.29) is 0 Å². The van der Waals surface area contributed by atoms with Gasteiger partial charge >= 0.3 is 0 Å². The number of rotatable bonds is 1. The maximum absolute atomic E-state index is 9.11. The van der Waals surface area contributed by atoms with E-state index in [1.54, 1.807) is 6.92 Å². The third kappa shape index (κ3) is 219. The van der Waals surface area contributed by atoms with Crippen molar-refractivity contribution in [1.29, 1.82) is 0 Å². The molecule has 0 heterocycles. The van der Waals surface area contributed by atoms with Crippen LogP contribution < -0.4 is 0 Å². The second-order valence-corrected chi connectivity index (χ2v) is 0.566. The Hall–Kier alpha value is -1.14. The minimum absolute atomic E-state index is 0.545. The van der Waals surface area contributed by atoms with E-state index in [0.29, 0.717) is 6.54 Å². The molecule has 0 aliphatic rings. The molecule has 2 heteroatoms. The van der Waals surface area contributed by atoms with Crippen molar-refractivity contribution in [2.24, 2.45) is 4.99 Å². The fraction of sp³-hybridized carbons (Fsp3) is 0.286. The van der Waals surface area contributed by atoms with Gasteiger partial charge in [-0.15, -0.1) is 26.3 Å². The third-order valence-corrected chi connectivity index (χ3v) is 0.223. The van der Waals surface area contributed by atoms with Crippen molar-refractivity contribution in [1.82, 2.24) is 0 Å². The van der Waals surface area contributed by atoms with Crippen molar-refractivity contribution in [3.8, 4) is 0 Å². The van der Waals surface area contributed by atoms with Gasteiger partial charge in [-0.2, -0.15) is 0 Å². The van der Waals surface area contributed by atoms with E-state index < -0.39 is 0 Å². The normalized spacial score (nSPS) is 4.11. The van der Waals surface area contributed by atoms with Gasteiger partial charge in [-0.05, 0) is 6.92 Å². The van der Waals surface area contributed by atoms with Crippen LogP contribution >= 0.6 is 0 Å². The molecule has 0 bridgehead atoms. The highest BCUT2D eigenvalue weighted by Gasteiger charge is 1.52. The summed E-state index contributed by atoms with van der Waals surface area (Å²) in [5.41, 5.74) is 0. The van der Waals surface area contributed by atoms with Gasteiger partial charge in [0, 0.05) is 6.54 Å². The molecule has 0 saturated heterocycles. The molecule has 2 nitrogen and oxygen atoms in total. The lowest BCUT2D eigenvalue weighted by molar-refractivity contribution is 0.563. The fourth-order valence-corrected chi connectivity index (χ4v) is 0.0645. The van der Waals surface area contributed by atoms with Gasteiger partial charge in [-0.3, -0.25) is 0 Å². The molecule has 0 aromatic carbocycles. The molecule has 0 spiro atoms. The van der Waals surface area contributed by atoms with Gasteiger partial charge in [-0.1, -0.05) is 0 Å². The molecule has 0 atom stereocenters. The van der Waals surface area contributed by atoms with Crippen LogP contribution in [0.25, 0.3) is 0 Å². The topological polar surface area (TPSA) is 29.4 Å². The Bertz CT molecular complexity index is 73.0. The Morgan fingerprint density at radius 2 is 1.67 bits per heavy atom. The highest BCUT2D eigenvalue weighted by molar-refractivity contribution is 5.32. The van der Waals surface area contributed by atoms with Gasteiger partial charge in [0.05, 0.1) is 0 Å². The first-order chi connectivity index (χ1) is 4.41. The summed E-state index contributed by atoms with van der Waals surface area (Å²) in [5.74, 6) is 0. The Labute approximate surface area is 56.6 Å².